The highest BCUT2D eigenvalue weighted by Crippen LogP contribution is 2.33. The van der Waals surface area contributed by atoms with Crippen LogP contribution in [0.25, 0.3) is 11.4 Å². The molecule has 10 nitrogen and oxygen atoms in total. The summed E-state index contributed by atoms with van der Waals surface area (Å²) in [5.41, 5.74) is 6.32. The number of aromatic nitrogens is 2. The molecule has 0 saturated carbocycles. The third-order valence-electron chi connectivity index (χ3n) is 8.49. The van der Waals surface area contributed by atoms with Crippen LogP contribution in [-0.4, -0.2) is 47.9 Å². The van der Waals surface area contributed by atoms with E-state index in [1.54, 1.807) is 56.5 Å². The maximum absolute atomic E-state index is 14.5. The van der Waals surface area contributed by atoms with E-state index in [0.29, 0.717) is 41.8 Å². The van der Waals surface area contributed by atoms with Crippen LogP contribution in [0.4, 0.5) is 9.18 Å². The minimum atomic E-state index is -4.33. The SMILES string of the molecule is COc1ccc(C[n+]2c3c(n(N)c2-c2cc(C)c(F)c(C)c2)[C@H](C)N(C(=O)OC(C)(C)C)CC3)cc1.Cc1cc(C)c(S(=O)(=O)[O-])c(C)c1. The Morgan fingerprint density at radius 2 is 1.55 bits per heavy atom. The minimum Gasteiger partial charge on any atom is -0.744 e. The van der Waals surface area contributed by atoms with Gasteiger partial charge in [0, 0.05) is 13.0 Å². The lowest BCUT2D eigenvalue weighted by atomic mass is 10.0. The van der Waals surface area contributed by atoms with Crippen LogP contribution in [0.5, 0.6) is 5.75 Å². The van der Waals surface area contributed by atoms with Gasteiger partial charge in [0.25, 0.3) is 0 Å². The molecule has 0 radical (unpaired) electrons. The largest absolute Gasteiger partial charge is 0.744 e. The second-order valence-corrected chi connectivity index (χ2v) is 15.0. The van der Waals surface area contributed by atoms with Crippen molar-refractivity contribution in [2.45, 2.75) is 91.8 Å². The Hall–Kier alpha value is -4.42. The Balaban J connectivity index is 0.000000350. The highest BCUT2D eigenvalue weighted by molar-refractivity contribution is 7.85. The third-order valence-corrected chi connectivity index (χ3v) is 9.64. The van der Waals surface area contributed by atoms with Gasteiger partial charge >= 0.3 is 11.9 Å². The summed E-state index contributed by atoms with van der Waals surface area (Å²) < 4.78 is 61.8. The molecule has 0 unspecified atom stereocenters. The molecular weight excluding hydrogens is 647 g/mol. The van der Waals surface area contributed by atoms with Gasteiger partial charge in [0.1, 0.15) is 39.9 Å². The molecule has 1 atom stereocenters. The number of fused-ring (bicyclic) bond motifs is 1. The topological polar surface area (TPSA) is 131 Å². The van der Waals surface area contributed by atoms with Gasteiger partial charge in [0.05, 0.1) is 17.6 Å². The van der Waals surface area contributed by atoms with Gasteiger partial charge in [-0.1, -0.05) is 29.8 Å². The second kappa shape index (κ2) is 14.2. The Bertz CT molecular complexity index is 1940. The Morgan fingerprint density at radius 3 is 2.04 bits per heavy atom. The number of hydrogen-bond donors (Lipinski definition) is 1. The molecule has 0 bridgehead atoms. The highest BCUT2D eigenvalue weighted by atomic mass is 32.2. The quantitative estimate of drug-likeness (QED) is 0.147. The zero-order valence-corrected chi connectivity index (χ0v) is 30.8. The zero-order chi connectivity index (χ0) is 36.6. The fourth-order valence-electron chi connectivity index (χ4n) is 6.51. The summed E-state index contributed by atoms with van der Waals surface area (Å²) in [6, 6.07) is 14.6. The molecule has 2 heterocycles. The number of halogens is 1. The van der Waals surface area contributed by atoms with Crippen molar-refractivity contribution in [1.29, 1.82) is 0 Å². The molecule has 1 amide bonds. The maximum atomic E-state index is 14.5. The lowest BCUT2D eigenvalue weighted by Gasteiger charge is -2.33. The van der Waals surface area contributed by atoms with Crippen molar-refractivity contribution in [3.8, 4) is 17.1 Å². The van der Waals surface area contributed by atoms with E-state index in [-0.39, 0.29) is 22.8 Å². The number of ether oxygens (including phenoxy) is 2. The smallest absolute Gasteiger partial charge is 0.410 e. The molecule has 3 aromatic carbocycles. The van der Waals surface area contributed by atoms with Crippen LogP contribution in [0.2, 0.25) is 0 Å². The van der Waals surface area contributed by atoms with Crippen molar-refractivity contribution in [1.82, 2.24) is 9.58 Å². The number of nitrogens with two attached hydrogens (primary N) is 1. The number of rotatable bonds is 5. The van der Waals surface area contributed by atoms with E-state index in [4.69, 9.17) is 15.3 Å². The number of carbonyl (C=O) groups is 1. The van der Waals surface area contributed by atoms with Crippen molar-refractivity contribution >= 4 is 16.2 Å². The summed E-state index contributed by atoms with van der Waals surface area (Å²) in [4.78, 5) is 14.6. The first-order chi connectivity index (χ1) is 22.7. The third kappa shape index (κ3) is 8.25. The van der Waals surface area contributed by atoms with E-state index >= 15 is 0 Å². The fraction of sp³-hybridized carbons (Fsp3) is 0.405. The van der Waals surface area contributed by atoms with Gasteiger partial charge in [-0.25, -0.2) is 22.2 Å². The minimum absolute atomic E-state index is 0.0851. The van der Waals surface area contributed by atoms with E-state index in [1.165, 1.54) is 0 Å². The number of imidazole rings is 1. The van der Waals surface area contributed by atoms with Gasteiger partial charge in [-0.2, -0.15) is 0 Å². The van der Waals surface area contributed by atoms with Gasteiger partial charge in [-0.15, -0.1) is 4.68 Å². The molecule has 0 saturated heterocycles. The second-order valence-electron chi connectivity index (χ2n) is 13.7. The van der Waals surface area contributed by atoms with Crippen LogP contribution in [0.3, 0.4) is 0 Å². The van der Waals surface area contributed by atoms with Crippen LogP contribution in [-0.2, 0) is 27.8 Å². The average Bonchev–Trinajstić information content (AvgIpc) is 3.25. The van der Waals surface area contributed by atoms with E-state index < -0.39 is 15.7 Å². The summed E-state index contributed by atoms with van der Waals surface area (Å²) in [6.45, 7) is 17.3. The number of methoxy groups -OCH3 is 1. The molecule has 4 aromatic rings. The number of nitrogen functional groups attached to an aromatic ring is 1. The molecule has 0 fully saturated rings. The van der Waals surface area contributed by atoms with Gasteiger partial charge in [-0.3, -0.25) is 10.7 Å². The molecule has 1 aliphatic rings. The van der Waals surface area contributed by atoms with Crippen LogP contribution in [0.1, 0.15) is 78.5 Å². The number of amides is 1. The molecule has 5 rings (SSSR count). The summed E-state index contributed by atoms with van der Waals surface area (Å²) >= 11 is 0. The van der Waals surface area contributed by atoms with Crippen LogP contribution >= 0.6 is 0 Å². The van der Waals surface area contributed by atoms with Crippen molar-refractivity contribution < 1.29 is 36.2 Å². The Kier molecular flexibility index (Phi) is 10.8. The van der Waals surface area contributed by atoms with E-state index in [0.717, 1.165) is 39.7 Å². The number of nitrogens with zero attached hydrogens (tertiary/aromatic N) is 3. The van der Waals surface area contributed by atoms with Gasteiger partial charge < -0.3 is 14.0 Å². The molecule has 1 aromatic heterocycles. The highest BCUT2D eigenvalue weighted by Gasteiger charge is 2.42. The molecule has 1 aliphatic heterocycles. The molecule has 0 spiro atoms. The summed E-state index contributed by atoms with van der Waals surface area (Å²) in [7, 11) is -2.69. The van der Waals surface area contributed by atoms with Crippen molar-refractivity contribution in [2.75, 3.05) is 19.5 Å². The number of aryl methyl sites for hydroxylation is 5. The lowest BCUT2D eigenvalue weighted by Crippen LogP contribution is -2.46. The zero-order valence-electron chi connectivity index (χ0n) is 30.0. The van der Waals surface area contributed by atoms with Gasteiger partial charge in [0.2, 0.25) is 0 Å². The van der Waals surface area contributed by atoms with E-state index in [1.807, 2.05) is 71.0 Å². The number of carbonyl (C=O) groups excluding carboxylic acids is 1. The molecular formula is C37H47FN4O6S. The predicted molar refractivity (Wildman–Crippen MR) is 185 cm³/mol. The van der Waals surface area contributed by atoms with Crippen molar-refractivity contribution in [2.24, 2.45) is 0 Å². The predicted octanol–water partition coefficient (Wildman–Crippen LogP) is 6.34. The number of hydrogen-bond acceptors (Lipinski definition) is 7. The monoisotopic (exact) mass is 694 g/mol. The molecule has 0 aliphatic carbocycles. The normalized spacial score (nSPS) is 14.5. The molecule has 264 valence electrons. The maximum Gasteiger partial charge on any atom is 0.410 e. The first-order valence-corrected chi connectivity index (χ1v) is 17.5. The van der Waals surface area contributed by atoms with Gasteiger partial charge in [-0.05, 0) is 114 Å². The lowest BCUT2D eigenvalue weighted by molar-refractivity contribution is -0.684. The van der Waals surface area contributed by atoms with Crippen LogP contribution in [0.15, 0.2) is 53.4 Å². The molecule has 12 heteroatoms. The first-order valence-electron chi connectivity index (χ1n) is 16.1. The fourth-order valence-corrected chi connectivity index (χ4v) is 7.41. The number of benzene rings is 3. The van der Waals surface area contributed by atoms with Crippen molar-refractivity contribution in [3.05, 3.63) is 99.1 Å². The molecule has 2 N–H and O–H groups in total. The summed E-state index contributed by atoms with van der Waals surface area (Å²) in [5, 5.41) is 0. The van der Waals surface area contributed by atoms with E-state index in [2.05, 4.69) is 4.57 Å². The van der Waals surface area contributed by atoms with E-state index in [9.17, 15) is 22.2 Å². The van der Waals surface area contributed by atoms with Gasteiger partial charge in [0.15, 0.2) is 11.4 Å². The molecule has 49 heavy (non-hydrogen) atoms. The summed E-state index contributed by atoms with van der Waals surface area (Å²) in [5.74, 6) is 8.11. The van der Waals surface area contributed by atoms with Crippen LogP contribution < -0.4 is 15.1 Å². The Morgan fingerprint density at radius 1 is 1.00 bits per heavy atom. The first kappa shape index (κ1) is 37.4. The average molecular weight is 695 g/mol. The van der Waals surface area contributed by atoms with Crippen LogP contribution in [0, 0.1) is 40.4 Å². The Labute approximate surface area is 289 Å². The standard InChI is InChI=1S/C28H36FN4O3.C9H12O3S/c1-17-14-21(15-18(2)24(17)29)26-32(16-20-8-10-22(35-7)11-9-20)23-12-13-31(19(3)25(23)33(26)30)27(34)36-28(4,5)6;1-6-4-7(2)9(8(3)5-6)13(10,11)12/h8-11,14-15,19H,12-13,16,30H2,1-7H3;4-5H,1-3H3,(H,10,11,12)/q+1;/p-1/t19-;/m0./s1. The van der Waals surface area contributed by atoms with Crippen molar-refractivity contribution in [3.63, 3.8) is 0 Å². The summed E-state index contributed by atoms with van der Waals surface area (Å²) in [6.07, 6.45) is 0.254.